The Hall–Kier alpha value is -2.28. The topological polar surface area (TPSA) is 49.2 Å². The predicted octanol–water partition coefficient (Wildman–Crippen LogP) is 6.82. The Morgan fingerprint density at radius 1 is 1.16 bits per heavy atom. The third-order valence-corrected chi connectivity index (χ3v) is 11.2. The molecule has 0 radical (unpaired) electrons. The maximum Gasteiger partial charge on any atom is 0.192 e. The maximum atomic E-state index is 6.48. The summed E-state index contributed by atoms with van der Waals surface area (Å²) in [5.74, 6) is 0. The lowest BCUT2D eigenvalue weighted by Gasteiger charge is -2.36. The summed E-state index contributed by atoms with van der Waals surface area (Å²) in [5.41, 5.74) is 4.14. The molecule has 3 heterocycles. The molecule has 1 unspecified atom stereocenters. The van der Waals surface area contributed by atoms with Crippen molar-refractivity contribution in [2.75, 3.05) is 6.61 Å². The van der Waals surface area contributed by atoms with Crippen molar-refractivity contribution in [2.24, 2.45) is 0 Å². The summed E-state index contributed by atoms with van der Waals surface area (Å²) in [6.07, 6.45) is 9.17. The zero-order valence-corrected chi connectivity index (χ0v) is 21.0. The molecule has 1 atom stereocenters. The Labute approximate surface area is 192 Å². The molecule has 4 rings (SSSR count). The van der Waals surface area contributed by atoms with Crippen LogP contribution in [0.2, 0.25) is 18.1 Å². The molecule has 32 heavy (non-hydrogen) atoms. The van der Waals surface area contributed by atoms with Crippen molar-refractivity contribution in [1.29, 1.82) is 0 Å². The number of rotatable bonds is 6. The zero-order chi connectivity index (χ0) is 22.8. The number of aromatic nitrogens is 3. The number of benzene rings is 1. The van der Waals surface area contributed by atoms with E-state index in [0.717, 1.165) is 41.7 Å². The van der Waals surface area contributed by atoms with Crippen LogP contribution in [0, 0.1) is 0 Å². The lowest BCUT2D eigenvalue weighted by molar-refractivity contribution is -0.0367. The van der Waals surface area contributed by atoms with E-state index in [4.69, 9.17) is 14.3 Å². The smallest absolute Gasteiger partial charge is 0.192 e. The average molecular weight is 450 g/mol. The molecular weight excluding hydrogens is 414 g/mol. The van der Waals surface area contributed by atoms with Crippen molar-refractivity contribution in [1.82, 2.24) is 14.8 Å². The van der Waals surface area contributed by atoms with E-state index in [0.29, 0.717) is 6.61 Å². The Morgan fingerprint density at radius 2 is 2.00 bits per heavy atom. The molecule has 0 spiro atoms. The first kappa shape index (κ1) is 22.9. The monoisotopic (exact) mass is 449 g/mol. The van der Waals surface area contributed by atoms with Gasteiger partial charge in [-0.2, -0.15) is 5.10 Å². The third kappa shape index (κ3) is 5.03. The van der Waals surface area contributed by atoms with Gasteiger partial charge in [-0.25, -0.2) is 4.68 Å². The molecule has 1 aliphatic rings. The van der Waals surface area contributed by atoms with Gasteiger partial charge >= 0.3 is 0 Å². The van der Waals surface area contributed by atoms with E-state index < -0.39 is 8.32 Å². The van der Waals surface area contributed by atoms with Crippen molar-refractivity contribution in [3.63, 3.8) is 0 Å². The molecule has 2 aromatic heterocycles. The lowest BCUT2D eigenvalue weighted by atomic mass is 10.1. The van der Waals surface area contributed by atoms with Crippen LogP contribution in [-0.4, -0.2) is 29.7 Å². The van der Waals surface area contributed by atoms with Crippen LogP contribution in [0.15, 0.2) is 42.6 Å². The van der Waals surface area contributed by atoms with Crippen molar-refractivity contribution < 1.29 is 9.16 Å². The SMILES string of the molecule is CC(C)(C)[Si](C)(C)OCc1ccc2c(c1)c(C=Cc1ccccn1)nn2C1CCCCO1. The molecule has 1 fully saturated rings. The van der Waals surface area contributed by atoms with Gasteiger partial charge < -0.3 is 9.16 Å². The van der Waals surface area contributed by atoms with Gasteiger partial charge in [0.1, 0.15) is 0 Å². The Morgan fingerprint density at radius 3 is 2.69 bits per heavy atom. The molecular formula is C26H35N3O2Si. The van der Waals surface area contributed by atoms with Gasteiger partial charge in [-0.05, 0) is 79.4 Å². The first-order valence-electron chi connectivity index (χ1n) is 11.6. The minimum atomic E-state index is -1.81. The van der Waals surface area contributed by atoms with E-state index in [1.165, 1.54) is 12.0 Å². The van der Waals surface area contributed by atoms with Gasteiger partial charge in [-0.1, -0.05) is 32.9 Å². The molecule has 170 valence electrons. The first-order chi connectivity index (χ1) is 15.2. The number of hydrogen-bond donors (Lipinski definition) is 0. The summed E-state index contributed by atoms with van der Waals surface area (Å²) in [6, 6.07) is 12.5. The Balaban J connectivity index is 1.68. The zero-order valence-electron chi connectivity index (χ0n) is 20.0. The second kappa shape index (κ2) is 9.30. The largest absolute Gasteiger partial charge is 0.413 e. The molecule has 1 aliphatic heterocycles. The van der Waals surface area contributed by atoms with E-state index in [1.54, 1.807) is 0 Å². The molecule has 5 nitrogen and oxygen atoms in total. The van der Waals surface area contributed by atoms with Gasteiger partial charge in [0.25, 0.3) is 0 Å². The van der Waals surface area contributed by atoms with Crippen LogP contribution in [0.3, 0.4) is 0 Å². The van der Waals surface area contributed by atoms with Crippen molar-refractivity contribution in [3.05, 3.63) is 59.5 Å². The van der Waals surface area contributed by atoms with Gasteiger partial charge in [0.2, 0.25) is 0 Å². The lowest BCUT2D eigenvalue weighted by Crippen LogP contribution is -2.40. The van der Waals surface area contributed by atoms with E-state index in [9.17, 15) is 0 Å². The highest BCUT2D eigenvalue weighted by molar-refractivity contribution is 6.74. The van der Waals surface area contributed by atoms with Crippen LogP contribution in [0.25, 0.3) is 23.1 Å². The number of fused-ring (bicyclic) bond motifs is 1. The van der Waals surface area contributed by atoms with Gasteiger partial charge in [0.15, 0.2) is 14.5 Å². The van der Waals surface area contributed by atoms with E-state index in [1.807, 2.05) is 30.5 Å². The summed E-state index contributed by atoms with van der Waals surface area (Å²) < 4.78 is 14.6. The summed E-state index contributed by atoms with van der Waals surface area (Å²) in [6.45, 7) is 12.8. The quantitative estimate of drug-likeness (QED) is 0.387. The highest BCUT2D eigenvalue weighted by atomic mass is 28.4. The van der Waals surface area contributed by atoms with Gasteiger partial charge in [-0.3, -0.25) is 4.98 Å². The van der Waals surface area contributed by atoms with Crippen molar-refractivity contribution in [2.45, 2.75) is 71.0 Å². The molecule has 3 aromatic rings. The van der Waals surface area contributed by atoms with E-state index in [-0.39, 0.29) is 11.3 Å². The normalized spacial score (nSPS) is 18.0. The highest BCUT2D eigenvalue weighted by Crippen LogP contribution is 2.37. The average Bonchev–Trinajstić information content (AvgIpc) is 3.15. The molecule has 0 amide bonds. The minimum absolute atomic E-state index is 0.00224. The molecule has 1 aromatic carbocycles. The Kier molecular flexibility index (Phi) is 6.65. The standard InChI is InChI=1S/C26H35N3O2Si/c1-26(2,3)32(4,5)31-19-20-12-15-24-22(18-20)23(14-13-21-10-6-8-16-27-21)28-29(24)25-11-7-9-17-30-25/h6,8,10,12-16,18,25H,7,9,11,17,19H2,1-5H3. The van der Waals surface area contributed by atoms with Crippen LogP contribution < -0.4 is 0 Å². The second-order valence-corrected chi connectivity index (χ2v) is 14.9. The van der Waals surface area contributed by atoms with Crippen LogP contribution >= 0.6 is 0 Å². The fourth-order valence-electron chi connectivity index (χ4n) is 3.68. The van der Waals surface area contributed by atoms with Crippen molar-refractivity contribution in [3.8, 4) is 0 Å². The molecule has 0 N–H and O–H groups in total. The van der Waals surface area contributed by atoms with Crippen LogP contribution in [0.4, 0.5) is 0 Å². The first-order valence-corrected chi connectivity index (χ1v) is 14.5. The van der Waals surface area contributed by atoms with Gasteiger partial charge in [-0.15, -0.1) is 0 Å². The molecule has 6 heteroatoms. The van der Waals surface area contributed by atoms with Crippen LogP contribution in [0.1, 0.15) is 63.2 Å². The Bertz CT molecular complexity index is 1080. The highest BCUT2D eigenvalue weighted by Gasteiger charge is 2.37. The summed E-state index contributed by atoms with van der Waals surface area (Å²) in [5, 5.41) is 6.28. The van der Waals surface area contributed by atoms with E-state index >= 15 is 0 Å². The molecule has 1 saturated heterocycles. The van der Waals surface area contributed by atoms with Gasteiger partial charge in [0, 0.05) is 18.2 Å². The van der Waals surface area contributed by atoms with Crippen LogP contribution in [0.5, 0.6) is 0 Å². The van der Waals surface area contributed by atoms with Crippen LogP contribution in [-0.2, 0) is 15.8 Å². The molecule has 0 bridgehead atoms. The third-order valence-electron chi connectivity index (χ3n) is 6.73. The van der Waals surface area contributed by atoms with Gasteiger partial charge in [0.05, 0.1) is 23.5 Å². The number of hydrogen-bond acceptors (Lipinski definition) is 4. The minimum Gasteiger partial charge on any atom is -0.413 e. The predicted molar refractivity (Wildman–Crippen MR) is 134 cm³/mol. The van der Waals surface area contributed by atoms with E-state index in [2.05, 4.69) is 67.8 Å². The summed E-state index contributed by atoms with van der Waals surface area (Å²) >= 11 is 0. The molecule has 0 saturated carbocycles. The summed E-state index contributed by atoms with van der Waals surface area (Å²) in [4.78, 5) is 4.41. The molecule has 0 aliphatic carbocycles. The number of ether oxygens (including phenoxy) is 1. The number of nitrogens with zero attached hydrogens (tertiary/aromatic N) is 3. The second-order valence-electron chi connectivity index (χ2n) is 10.1. The fourth-order valence-corrected chi connectivity index (χ4v) is 4.64. The number of pyridine rings is 1. The maximum absolute atomic E-state index is 6.48. The fraction of sp³-hybridized carbons (Fsp3) is 0.462. The van der Waals surface area contributed by atoms with Crippen molar-refractivity contribution >= 4 is 31.4 Å². The summed E-state index contributed by atoms with van der Waals surface area (Å²) in [7, 11) is -1.81.